The van der Waals surface area contributed by atoms with Crippen molar-refractivity contribution in [1.29, 1.82) is 0 Å². The Morgan fingerprint density at radius 2 is 1.95 bits per heavy atom. The number of likely N-dealkylation sites (N-methyl/N-ethyl adjacent to an activating group) is 1. The molecule has 19 heavy (non-hydrogen) atoms. The Bertz CT molecular complexity index is 434. The number of methoxy groups -OCH3 is 2. The molecule has 0 bridgehead atoms. The maximum absolute atomic E-state index is 5.38. The van der Waals surface area contributed by atoms with Crippen molar-refractivity contribution in [2.45, 2.75) is 25.9 Å². The van der Waals surface area contributed by atoms with Crippen LogP contribution in [0.1, 0.15) is 17.5 Å². The van der Waals surface area contributed by atoms with E-state index in [1.165, 1.54) is 17.5 Å². The highest BCUT2D eigenvalue weighted by molar-refractivity contribution is 5.47. The van der Waals surface area contributed by atoms with Crippen molar-refractivity contribution in [3.63, 3.8) is 0 Å². The van der Waals surface area contributed by atoms with Crippen LogP contribution in [0.2, 0.25) is 0 Å². The van der Waals surface area contributed by atoms with Gasteiger partial charge in [-0.3, -0.25) is 4.90 Å². The van der Waals surface area contributed by atoms with Gasteiger partial charge >= 0.3 is 0 Å². The third-order valence-electron chi connectivity index (χ3n) is 3.92. The van der Waals surface area contributed by atoms with Crippen molar-refractivity contribution in [3.8, 4) is 11.5 Å². The Morgan fingerprint density at radius 1 is 1.26 bits per heavy atom. The fourth-order valence-electron chi connectivity index (χ4n) is 2.65. The van der Waals surface area contributed by atoms with Crippen LogP contribution in [0.15, 0.2) is 12.1 Å². The zero-order chi connectivity index (χ0) is 13.8. The first kappa shape index (κ1) is 14.2. The predicted octanol–water partition coefficient (Wildman–Crippen LogP) is 1.81. The van der Waals surface area contributed by atoms with E-state index < -0.39 is 0 Å². The summed E-state index contributed by atoms with van der Waals surface area (Å²) in [6.07, 6.45) is 1.23. The summed E-state index contributed by atoms with van der Waals surface area (Å²) < 4.78 is 10.7. The molecule has 0 spiro atoms. The average molecular weight is 264 g/mol. The molecule has 0 saturated carbocycles. The molecule has 106 valence electrons. The first-order chi connectivity index (χ1) is 9.17. The molecule has 1 saturated heterocycles. The summed E-state index contributed by atoms with van der Waals surface area (Å²) in [6.45, 7) is 5.37. The molecule has 0 amide bonds. The van der Waals surface area contributed by atoms with Gasteiger partial charge in [-0.15, -0.1) is 0 Å². The molecule has 1 aliphatic heterocycles. The molecule has 1 fully saturated rings. The van der Waals surface area contributed by atoms with Gasteiger partial charge in [0, 0.05) is 25.7 Å². The average Bonchev–Trinajstić information content (AvgIpc) is 2.88. The number of nitrogens with zero attached hydrogens (tertiary/aromatic N) is 1. The van der Waals surface area contributed by atoms with Crippen molar-refractivity contribution in [2.75, 3.05) is 34.4 Å². The highest BCUT2D eigenvalue weighted by Crippen LogP contribution is 2.31. The highest BCUT2D eigenvalue weighted by atomic mass is 16.5. The van der Waals surface area contributed by atoms with Gasteiger partial charge in [-0.1, -0.05) is 0 Å². The van der Waals surface area contributed by atoms with Crippen LogP contribution in [0.3, 0.4) is 0 Å². The molecule has 1 unspecified atom stereocenters. The lowest BCUT2D eigenvalue weighted by Crippen LogP contribution is -2.29. The van der Waals surface area contributed by atoms with Gasteiger partial charge < -0.3 is 14.8 Å². The minimum absolute atomic E-state index is 0.625. The van der Waals surface area contributed by atoms with E-state index in [0.29, 0.717) is 6.04 Å². The number of hydrogen-bond acceptors (Lipinski definition) is 4. The highest BCUT2D eigenvalue weighted by Gasteiger charge is 2.21. The molecule has 1 aromatic carbocycles. The molecule has 1 aromatic rings. The van der Waals surface area contributed by atoms with Crippen LogP contribution < -0.4 is 14.8 Å². The normalized spacial score (nSPS) is 19.7. The first-order valence-corrected chi connectivity index (χ1v) is 6.79. The molecular formula is C15H24N2O2. The summed E-state index contributed by atoms with van der Waals surface area (Å²) in [7, 11) is 5.40. The van der Waals surface area contributed by atoms with E-state index in [9.17, 15) is 0 Å². The summed E-state index contributed by atoms with van der Waals surface area (Å²) in [5.74, 6) is 1.62. The summed E-state index contributed by atoms with van der Waals surface area (Å²) >= 11 is 0. The van der Waals surface area contributed by atoms with E-state index in [1.807, 2.05) is 7.05 Å². The number of rotatable bonds is 5. The van der Waals surface area contributed by atoms with Gasteiger partial charge in [0.1, 0.15) is 0 Å². The topological polar surface area (TPSA) is 33.7 Å². The zero-order valence-electron chi connectivity index (χ0n) is 12.3. The summed E-state index contributed by atoms with van der Waals surface area (Å²) in [4.78, 5) is 2.48. The van der Waals surface area contributed by atoms with E-state index in [4.69, 9.17) is 9.47 Å². The van der Waals surface area contributed by atoms with Gasteiger partial charge in [0.05, 0.1) is 14.2 Å². The van der Waals surface area contributed by atoms with E-state index in [0.717, 1.165) is 31.1 Å². The molecule has 1 aliphatic rings. The van der Waals surface area contributed by atoms with E-state index >= 15 is 0 Å². The second kappa shape index (κ2) is 6.26. The Morgan fingerprint density at radius 3 is 2.53 bits per heavy atom. The standard InChI is InChI=1S/C15H24N2O2/c1-11-7-14(18-3)15(19-4)8-12(11)9-17-6-5-13(10-17)16-2/h7-8,13,16H,5-6,9-10H2,1-4H3. The fourth-order valence-corrected chi connectivity index (χ4v) is 2.65. The number of hydrogen-bond donors (Lipinski definition) is 1. The maximum atomic E-state index is 5.38. The molecule has 1 atom stereocenters. The minimum Gasteiger partial charge on any atom is -0.493 e. The summed E-state index contributed by atoms with van der Waals surface area (Å²) in [5.41, 5.74) is 2.57. The van der Waals surface area contributed by atoms with Gasteiger partial charge in [-0.25, -0.2) is 0 Å². The van der Waals surface area contributed by atoms with E-state index in [2.05, 4.69) is 29.3 Å². The molecule has 1 heterocycles. The second-order valence-corrected chi connectivity index (χ2v) is 5.14. The fraction of sp³-hybridized carbons (Fsp3) is 0.600. The second-order valence-electron chi connectivity index (χ2n) is 5.14. The molecule has 0 radical (unpaired) electrons. The lowest BCUT2D eigenvalue weighted by Gasteiger charge is -2.19. The lowest BCUT2D eigenvalue weighted by molar-refractivity contribution is 0.318. The number of aryl methyl sites for hydroxylation is 1. The SMILES string of the molecule is CNC1CCN(Cc2cc(OC)c(OC)cc2C)C1. The van der Waals surface area contributed by atoms with Crippen LogP contribution >= 0.6 is 0 Å². The Labute approximate surface area is 115 Å². The number of nitrogens with one attached hydrogen (secondary N) is 1. The van der Waals surface area contributed by atoms with Crippen LogP contribution in [0.25, 0.3) is 0 Å². The largest absolute Gasteiger partial charge is 0.493 e. The monoisotopic (exact) mass is 264 g/mol. The number of benzene rings is 1. The van der Waals surface area contributed by atoms with Gasteiger partial charge in [0.2, 0.25) is 0 Å². The van der Waals surface area contributed by atoms with E-state index in [-0.39, 0.29) is 0 Å². The lowest BCUT2D eigenvalue weighted by atomic mass is 10.1. The van der Waals surface area contributed by atoms with Gasteiger partial charge in [0.15, 0.2) is 11.5 Å². The van der Waals surface area contributed by atoms with Crippen molar-refractivity contribution in [1.82, 2.24) is 10.2 Å². The molecule has 2 rings (SSSR count). The molecule has 0 aliphatic carbocycles. The van der Waals surface area contributed by atoms with Crippen LogP contribution in [0, 0.1) is 6.92 Å². The molecule has 1 N–H and O–H groups in total. The third kappa shape index (κ3) is 3.19. The van der Waals surface area contributed by atoms with E-state index in [1.54, 1.807) is 14.2 Å². The van der Waals surface area contributed by atoms with Crippen molar-refractivity contribution in [2.24, 2.45) is 0 Å². The first-order valence-electron chi connectivity index (χ1n) is 6.79. The zero-order valence-corrected chi connectivity index (χ0v) is 12.3. The Hall–Kier alpha value is -1.26. The van der Waals surface area contributed by atoms with Crippen LogP contribution in [-0.4, -0.2) is 45.3 Å². The van der Waals surface area contributed by atoms with Gasteiger partial charge in [0.25, 0.3) is 0 Å². The minimum atomic E-state index is 0.625. The summed E-state index contributed by atoms with van der Waals surface area (Å²) in [6, 6.07) is 4.78. The van der Waals surface area contributed by atoms with Crippen LogP contribution in [0.5, 0.6) is 11.5 Å². The molecular weight excluding hydrogens is 240 g/mol. The van der Waals surface area contributed by atoms with Crippen LogP contribution in [-0.2, 0) is 6.54 Å². The van der Waals surface area contributed by atoms with Crippen molar-refractivity contribution in [3.05, 3.63) is 23.3 Å². The maximum Gasteiger partial charge on any atom is 0.161 e. The van der Waals surface area contributed by atoms with Gasteiger partial charge in [-0.05, 0) is 43.7 Å². The predicted molar refractivity (Wildman–Crippen MR) is 77.0 cm³/mol. The van der Waals surface area contributed by atoms with Crippen LogP contribution in [0.4, 0.5) is 0 Å². The number of ether oxygens (including phenoxy) is 2. The third-order valence-corrected chi connectivity index (χ3v) is 3.92. The van der Waals surface area contributed by atoms with Crippen molar-refractivity contribution < 1.29 is 9.47 Å². The molecule has 0 aromatic heterocycles. The Kier molecular flexibility index (Phi) is 4.66. The Balaban J connectivity index is 2.12. The van der Waals surface area contributed by atoms with Gasteiger partial charge in [-0.2, -0.15) is 0 Å². The smallest absolute Gasteiger partial charge is 0.161 e. The quantitative estimate of drug-likeness (QED) is 0.879. The summed E-state index contributed by atoms with van der Waals surface area (Å²) in [5, 5.41) is 3.35. The number of likely N-dealkylation sites (tertiary alicyclic amines) is 1. The van der Waals surface area contributed by atoms with Crippen molar-refractivity contribution >= 4 is 0 Å². The molecule has 4 heteroatoms. The molecule has 4 nitrogen and oxygen atoms in total.